The van der Waals surface area contributed by atoms with Crippen LogP contribution in [-0.2, 0) is 46.3 Å². The fourth-order valence-electron chi connectivity index (χ4n) is 7.50. The average Bonchev–Trinajstić information content (AvgIpc) is 3.30. The molecule has 0 fully saturated rings. The summed E-state index contributed by atoms with van der Waals surface area (Å²) in [7, 11) is 0. The summed E-state index contributed by atoms with van der Waals surface area (Å²) in [6.45, 7) is -0.0389. The highest BCUT2D eigenvalue weighted by Gasteiger charge is 2.24. The highest BCUT2D eigenvalue weighted by Crippen LogP contribution is 2.17. The maximum Gasteiger partial charge on any atom is 0.326 e. The largest absolute Gasteiger partial charge is 0.481 e. The number of hydrogen-bond donors (Lipinski definition) is 4. The number of carbonyl (C=O) groups is 6. The van der Waals surface area contributed by atoms with Crippen molar-refractivity contribution in [2.75, 3.05) is 23.4 Å². The first-order valence-electron chi connectivity index (χ1n) is 24.2. The van der Waals surface area contributed by atoms with Crippen molar-refractivity contribution in [1.82, 2.24) is 5.32 Å². The topological polar surface area (TPSA) is 185 Å². The maximum absolute atomic E-state index is 12.9. The van der Waals surface area contributed by atoms with Crippen LogP contribution in [0.5, 0.6) is 0 Å². The summed E-state index contributed by atoms with van der Waals surface area (Å²) in [5, 5.41) is 23.0. The number of hydrogen-bond acceptors (Lipinski definition) is 9. The average molecular weight is 931 g/mol. The van der Waals surface area contributed by atoms with E-state index in [0.717, 1.165) is 64.2 Å². The van der Waals surface area contributed by atoms with E-state index in [2.05, 4.69) is 71.3 Å². The molecule has 12 nitrogen and oxygen atoms in total. The Bertz CT molecular complexity index is 1830. The van der Waals surface area contributed by atoms with Crippen LogP contribution >= 0.6 is 11.8 Å². The van der Waals surface area contributed by atoms with Crippen molar-refractivity contribution >= 4 is 53.1 Å². The Morgan fingerprint density at radius 1 is 0.545 bits per heavy atom. The van der Waals surface area contributed by atoms with Crippen molar-refractivity contribution in [3.63, 3.8) is 0 Å². The number of carboxylic acids is 2. The summed E-state index contributed by atoms with van der Waals surface area (Å²) in [4.78, 5) is 73.0. The van der Waals surface area contributed by atoms with E-state index in [1.165, 1.54) is 111 Å². The van der Waals surface area contributed by atoms with E-state index in [1.807, 2.05) is 0 Å². The van der Waals surface area contributed by atoms with E-state index in [-0.39, 0.29) is 36.4 Å². The van der Waals surface area contributed by atoms with Gasteiger partial charge in [0.2, 0.25) is 5.91 Å². The number of ether oxygens (including phenoxy) is 2. The summed E-state index contributed by atoms with van der Waals surface area (Å²) < 4.78 is 11.4. The number of anilines is 1. The zero-order chi connectivity index (χ0) is 47.5. The van der Waals surface area contributed by atoms with Gasteiger partial charge in [-0.1, -0.05) is 151 Å². The molecule has 0 radical (unpaired) electrons. The molecule has 2 atom stereocenters. The number of aryl methyl sites for hydroxylation is 2. The van der Waals surface area contributed by atoms with Gasteiger partial charge >= 0.3 is 23.9 Å². The molecular weight excluding hydrogens is 857 g/mol. The van der Waals surface area contributed by atoms with Gasteiger partial charge in [0.05, 0.1) is 6.42 Å². The first-order valence-corrected chi connectivity index (χ1v) is 25.4. The van der Waals surface area contributed by atoms with E-state index < -0.39 is 36.4 Å². The molecule has 3 aromatic carbocycles. The Hall–Kier alpha value is -5.17. The molecule has 0 aromatic heterocycles. The third-order valence-corrected chi connectivity index (χ3v) is 12.4. The monoisotopic (exact) mass is 931 g/mol. The lowest BCUT2D eigenvalue weighted by Crippen LogP contribution is -2.42. The molecule has 2 amide bonds. The lowest BCUT2D eigenvalue weighted by molar-refractivity contribution is -0.157. The molecule has 0 bridgehead atoms. The minimum atomic E-state index is -1.58. The minimum Gasteiger partial charge on any atom is -0.481 e. The number of carboxylic acid groups (broad SMARTS) is 2. The number of carbonyl (C=O) groups excluding carboxylic acids is 4. The number of amides is 2. The molecule has 0 saturated carbocycles. The molecule has 0 saturated heterocycles. The highest BCUT2D eigenvalue weighted by atomic mass is 32.2. The van der Waals surface area contributed by atoms with Crippen molar-refractivity contribution in [2.24, 2.45) is 0 Å². The molecule has 0 aliphatic carbocycles. The lowest BCUT2D eigenvalue weighted by Gasteiger charge is -2.18. The number of thioether (sulfide) groups is 1. The molecular formula is C53H74N2O10S. The van der Waals surface area contributed by atoms with Crippen LogP contribution in [0.1, 0.15) is 163 Å². The Morgan fingerprint density at radius 2 is 1.02 bits per heavy atom. The van der Waals surface area contributed by atoms with Crippen molar-refractivity contribution in [2.45, 2.75) is 166 Å². The second-order valence-corrected chi connectivity index (χ2v) is 18.2. The first-order chi connectivity index (χ1) is 32.1. The Labute approximate surface area is 396 Å². The smallest absolute Gasteiger partial charge is 0.326 e. The number of benzene rings is 3. The van der Waals surface area contributed by atoms with Crippen LogP contribution in [0.2, 0.25) is 0 Å². The molecule has 362 valence electrons. The number of rotatable bonds is 38. The van der Waals surface area contributed by atoms with Gasteiger partial charge in [0.1, 0.15) is 18.8 Å². The molecule has 0 spiro atoms. The van der Waals surface area contributed by atoms with E-state index in [0.29, 0.717) is 30.0 Å². The first kappa shape index (κ1) is 55.2. The number of esters is 2. The summed E-state index contributed by atoms with van der Waals surface area (Å²) in [6.07, 6.45) is 21.9. The van der Waals surface area contributed by atoms with E-state index in [9.17, 15) is 33.9 Å². The van der Waals surface area contributed by atoms with Crippen LogP contribution in [0, 0.1) is 0 Å². The molecule has 13 heteroatoms. The number of unbranched alkanes of at least 4 members (excludes halogenated alkanes) is 16. The van der Waals surface area contributed by atoms with Crippen molar-refractivity contribution < 1.29 is 48.5 Å². The summed E-state index contributed by atoms with van der Waals surface area (Å²) in [5.74, 6) is -3.72. The molecule has 0 aliphatic rings. The minimum absolute atomic E-state index is 0.0389. The van der Waals surface area contributed by atoms with Crippen LogP contribution in [0.4, 0.5) is 5.69 Å². The van der Waals surface area contributed by atoms with Crippen LogP contribution in [0.3, 0.4) is 0 Å². The molecule has 0 aliphatic heterocycles. The molecule has 3 rings (SSSR count). The normalized spacial score (nSPS) is 11.9. The number of aliphatic carboxylic acids is 2. The second kappa shape index (κ2) is 35.1. The fourth-order valence-corrected chi connectivity index (χ4v) is 8.43. The quantitative estimate of drug-likeness (QED) is 0.0316. The van der Waals surface area contributed by atoms with Gasteiger partial charge in [-0.15, -0.1) is 0 Å². The zero-order valence-corrected chi connectivity index (χ0v) is 39.7. The van der Waals surface area contributed by atoms with Gasteiger partial charge in [-0.05, 0) is 73.9 Å². The maximum atomic E-state index is 12.9. The summed E-state index contributed by atoms with van der Waals surface area (Å²) in [5.41, 5.74) is 3.32. The van der Waals surface area contributed by atoms with Crippen molar-refractivity contribution in [3.05, 3.63) is 102 Å². The van der Waals surface area contributed by atoms with Gasteiger partial charge in [-0.2, -0.15) is 11.8 Å². The van der Waals surface area contributed by atoms with Crippen LogP contribution in [-0.4, -0.2) is 76.2 Å². The highest BCUT2D eigenvalue weighted by molar-refractivity contribution is 7.99. The van der Waals surface area contributed by atoms with Crippen molar-refractivity contribution in [1.29, 1.82) is 0 Å². The molecule has 66 heavy (non-hydrogen) atoms. The number of nitrogens with one attached hydrogen (secondary N) is 2. The van der Waals surface area contributed by atoms with Crippen LogP contribution < -0.4 is 10.6 Å². The molecule has 4 N–H and O–H groups in total. The van der Waals surface area contributed by atoms with Gasteiger partial charge < -0.3 is 30.3 Å². The molecule has 3 aromatic rings. The molecule has 0 heterocycles. The third kappa shape index (κ3) is 27.3. The predicted octanol–water partition coefficient (Wildman–Crippen LogP) is 11.1. The van der Waals surface area contributed by atoms with Gasteiger partial charge in [-0.3, -0.25) is 24.0 Å². The van der Waals surface area contributed by atoms with Crippen molar-refractivity contribution in [3.8, 4) is 0 Å². The summed E-state index contributed by atoms with van der Waals surface area (Å²) >= 11 is 1.42. The van der Waals surface area contributed by atoms with Gasteiger partial charge in [0.15, 0.2) is 0 Å². The molecule has 1 unspecified atom stereocenters. The fraction of sp³-hybridized carbons (Fsp3) is 0.547. The van der Waals surface area contributed by atoms with Gasteiger partial charge in [0.25, 0.3) is 5.91 Å². The Kier molecular flexibility index (Phi) is 29.3. The van der Waals surface area contributed by atoms with Crippen LogP contribution in [0.15, 0.2) is 84.9 Å². The second-order valence-electron chi connectivity index (χ2n) is 17.0. The van der Waals surface area contributed by atoms with E-state index >= 15 is 0 Å². The van der Waals surface area contributed by atoms with E-state index in [1.54, 1.807) is 0 Å². The standard InChI is InChI=1S/C53H74N2O10S/c56-48(54-45-35-33-44(34-36-45)52(61)55-47(53(62)63)39-49(57)58)37-38-66-41-46(65-51(60)32-24-14-10-6-2-4-8-12-18-26-43-29-21-16-22-30-43)40-64-50(59)31-23-13-9-5-1-3-7-11-17-25-42-27-19-15-20-28-42/h15-16,19-22,27-30,33-36,46-47H,1-14,17-18,23-26,31-32,37-41H2,(H,54,56)(H,55,61)(H,57,58)(H,62,63)/t46?,47-/m0/s1. The van der Waals surface area contributed by atoms with Crippen LogP contribution in [0.25, 0.3) is 0 Å². The van der Waals surface area contributed by atoms with Gasteiger partial charge in [0, 0.05) is 42.0 Å². The Balaban J connectivity index is 1.32. The third-order valence-electron chi connectivity index (χ3n) is 11.3. The zero-order valence-electron chi connectivity index (χ0n) is 38.9. The predicted molar refractivity (Wildman–Crippen MR) is 262 cm³/mol. The summed E-state index contributed by atoms with van der Waals surface area (Å²) in [6, 6.07) is 25.4. The van der Waals surface area contributed by atoms with E-state index in [4.69, 9.17) is 14.6 Å². The SMILES string of the molecule is O=C(O)C[C@H](NC(=O)c1ccc(NC(=O)CCSCC(COC(=O)CCCCCCCCCCCc2ccccc2)OC(=O)CCCCCCCCCCCc2ccccc2)cc1)C(=O)O. The Morgan fingerprint density at radius 3 is 1.50 bits per heavy atom. The lowest BCUT2D eigenvalue weighted by atomic mass is 10.0. The van der Waals surface area contributed by atoms with Gasteiger partial charge in [-0.25, -0.2) is 4.79 Å².